The number of guanidine groups is 1. The van der Waals surface area contributed by atoms with Gasteiger partial charge in [0, 0.05) is 63.8 Å². The van der Waals surface area contributed by atoms with Crippen LogP contribution in [-0.2, 0) is 49.2 Å². The van der Waals surface area contributed by atoms with Gasteiger partial charge in [-0.3, -0.25) is 15.0 Å². The van der Waals surface area contributed by atoms with E-state index in [0.29, 0.717) is 18.7 Å². The second kappa shape index (κ2) is 25.9. The van der Waals surface area contributed by atoms with Gasteiger partial charge in [0.2, 0.25) is 5.91 Å². The number of esters is 1. The Morgan fingerprint density at radius 2 is 1.66 bits per heavy atom. The maximum Gasteiger partial charge on any atom is 0.311 e. The van der Waals surface area contributed by atoms with Gasteiger partial charge in [-0.25, -0.2) is 4.39 Å². The number of ether oxygens (including phenoxy) is 7. The van der Waals surface area contributed by atoms with Gasteiger partial charge in [0.25, 0.3) is 0 Å². The molecule has 0 bridgehead atoms. The number of aliphatic hydroxyl groups is 4. The number of nitrogens with zero attached hydrogens (tertiary/aromatic N) is 2. The Morgan fingerprint density at radius 3 is 2.24 bits per heavy atom. The number of halogens is 1. The summed E-state index contributed by atoms with van der Waals surface area (Å²) in [7, 11) is 6.74. The topological polar surface area (TPSA) is 260 Å². The molecule has 408 valence electrons. The number of rotatable bonds is 16. The van der Waals surface area contributed by atoms with Crippen molar-refractivity contribution in [2.24, 2.45) is 23.5 Å². The van der Waals surface area contributed by atoms with Gasteiger partial charge in [0.05, 0.1) is 47.6 Å². The van der Waals surface area contributed by atoms with Crippen LogP contribution in [0, 0.1) is 23.2 Å². The molecule has 9 N–H and O–H groups in total. The Balaban J connectivity index is 1.67. The summed E-state index contributed by atoms with van der Waals surface area (Å²) in [5.41, 5.74) is 2.28. The van der Waals surface area contributed by atoms with Crippen LogP contribution in [-0.4, -0.2) is 192 Å². The lowest BCUT2D eigenvalue weighted by atomic mass is 9.77. The number of benzene rings is 1. The molecule has 1 aromatic carbocycles. The number of aliphatic hydroxyl groups excluding tert-OH is 2. The number of alkyl halides is 1. The van der Waals surface area contributed by atoms with E-state index in [1.807, 2.05) is 44.7 Å². The molecule has 20 heteroatoms. The smallest absolute Gasteiger partial charge is 0.311 e. The molecule has 0 aromatic heterocycles. The fraction of sp³-hybridized carbons (Fsp3) is 0.824. The summed E-state index contributed by atoms with van der Waals surface area (Å²) in [6, 6.07) is 5.34. The van der Waals surface area contributed by atoms with Gasteiger partial charge in [0.15, 0.2) is 18.5 Å². The molecule has 3 heterocycles. The molecule has 3 aliphatic heterocycles. The number of likely N-dealkylation sites (N-methyl/N-ethyl adjacent to an activating group) is 2. The average molecular weight is 1010 g/mol. The molecule has 0 aliphatic carbocycles. The zero-order chi connectivity index (χ0) is 53.3. The fourth-order valence-corrected chi connectivity index (χ4v) is 11.0. The van der Waals surface area contributed by atoms with Gasteiger partial charge in [0.1, 0.15) is 36.7 Å². The Labute approximate surface area is 421 Å². The fourth-order valence-electron chi connectivity index (χ4n) is 11.0. The molecule has 1 amide bonds. The lowest BCUT2D eigenvalue weighted by molar-refractivity contribution is -0.319. The van der Waals surface area contributed by atoms with E-state index in [-0.39, 0.29) is 68.6 Å². The van der Waals surface area contributed by atoms with Gasteiger partial charge in [-0.2, -0.15) is 0 Å². The third-order valence-corrected chi connectivity index (χ3v) is 15.3. The minimum Gasteiger partial charge on any atom is -0.459 e. The van der Waals surface area contributed by atoms with Gasteiger partial charge in [-0.1, -0.05) is 32.9 Å². The van der Waals surface area contributed by atoms with Crippen molar-refractivity contribution in [1.29, 1.82) is 5.41 Å². The van der Waals surface area contributed by atoms with Crippen LogP contribution in [0.1, 0.15) is 107 Å². The second-order valence-electron chi connectivity index (χ2n) is 21.5. The van der Waals surface area contributed by atoms with E-state index in [0.717, 1.165) is 5.56 Å². The first-order chi connectivity index (χ1) is 33.1. The first-order valence-corrected chi connectivity index (χ1v) is 25.3. The molecule has 19 nitrogen and oxygen atoms in total. The van der Waals surface area contributed by atoms with Crippen molar-refractivity contribution in [1.82, 2.24) is 15.1 Å². The van der Waals surface area contributed by atoms with E-state index in [1.165, 1.54) is 14.0 Å². The summed E-state index contributed by atoms with van der Waals surface area (Å²) in [6.07, 6.45) is -8.26. The Bertz CT molecular complexity index is 1850. The van der Waals surface area contributed by atoms with Crippen LogP contribution in [0.15, 0.2) is 24.3 Å². The number of anilines is 1. The number of carbonyl (C=O) groups is 2. The molecule has 3 fully saturated rings. The van der Waals surface area contributed by atoms with E-state index >= 15 is 0 Å². The number of nitrogens with one attached hydrogen (secondary N) is 3. The van der Waals surface area contributed by atoms with E-state index in [4.69, 9.17) is 44.3 Å². The molecule has 3 saturated heterocycles. The Kier molecular flexibility index (Phi) is 22.0. The van der Waals surface area contributed by atoms with Crippen LogP contribution in [0.3, 0.4) is 0 Å². The maximum absolute atomic E-state index is 14.5. The van der Waals surface area contributed by atoms with Crippen LogP contribution < -0.4 is 16.4 Å². The predicted molar refractivity (Wildman–Crippen MR) is 266 cm³/mol. The minimum atomic E-state index is -1.85. The Hall–Kier alpha value is -3.12. The number of cyclic esters (lactones) is 1. The summed E-state index contributed by atoms with van der Waals surface area (Å²) >= 11 is 0. The first-order valence-electron chi connectivity index (χ1n) is 25.3. The molecular formula is C51H89FN6O13. The highest BCUT2D eigenvalue weighted by atomic mass is 19.1. The predicted octanol–water partition coefficient (Wildman–Crippen LogP) is 3.32. The van der Waals surface area contributed by atoms with Gasteiger partial charge < -0.3 is 79.8 Å². The number of hydrogen-bond donors (Lipinski definition) is 8. The highest BCUT2D eigenvalue weighted by Crippen LogP contribution is 2.40. The number of hydrogen-bond acceptors (Lipinski definition) is 16. The molecule has 4 rings (SSSR count). The van der Waals surface area contributed by atoms with Gasteiger partial charge in [-0.15, -0.1) is 0 Å². The van der Waals surface area contributed by atoms with E-state index < -0.39 is 109 Å². The maximum atomic E-state index is 14.5. The Morgan fingerprint density at radius 1 is 1.01 bits per heavy atom. The molecule has 3 aliphatic rings. The van der Waals surface area contributed by atoms with E-state index in [2.05, 4.69) is 10.6 Å². The second-order valence-corrected chi connectivity index (χ2v) is 21.5. The van der Waals surface area contributed by atoms with Crippen LogP contribution in [0.2, 0.25) is 0 Å². The van der Waals surface area contributed by atoms with Crippen molar-refractivity contribution in [3.8, 4) is 0 Å². The summed E-state index contributed by atoms with van der Waals surface area (Å²) in [5, 5.41) is 60.5. The van der Waals surface area contributed by atoms with Crippen molar-refractivity contribution in [2.45, 2.75) is 204 Å². The molecule has 19 atom stereocenters. The molecule has 71 heavy (non-hydrogen) atoms. The third kappa shape index (κ3) is 15.5. The van der Waals surface area contributed by atoms with Crippen LogP contribution in [0.5, 0.6) is 0 Å². The van der Waals surface area contributed by atoms with Crippen molar-refractivity contribution >= 4 is 23.5 Å². The van der Waals surface area contributed by atoms with Crippen molar-refractivity contribution in [2.75, 3.05) is 53.4 Å². The highest BCUT2D eigenvalue weighted by Gasteiger charge is 2.53. The number of carbonyl (C=O) groups excluding carboxylic acids is 2. The molecule has 0 radical (unpaired) electrons. The quantitative estimate of drug-likeness (QED) is 0.0671. The van der Waals surface area contributed by atoms with Gasteiger partial charge >= 0.3 is 5.97 Å². The first kappa shape index (κ1) is 60.4. The lowest BCUT2D eigenvalue weighted by Crippen LogP contribution is -2.61. The molecular weight excluding hydrogens is 924 g/mol. The summed E-state index contributed by atoms with van der Waals surface area (Å²) in [4.78, 5) is 31.7. The zero-order valence-electron chi connectivity index (χ0n) is 44.7. The standard InChI is InChI=1S/C51H89FN6O13/c1-15-38-51(10,64)43(60)32(6)58(12)27-28(2)24-49(8,63)45(30(4)41(31(5)46(62)69-38)70-40-25-50(9,66-14)44(61)33(7)68-40)71-47-42(65-13)37(22-29(3)67-47)57(11)21-20-39(59)55-36(26-52)23-34-16-18-35(19-17-34)56-48(53)54/h16-19,28-33,36-38,40-45,47,60-61,63-64H,15,20-27H2,1-14H3,(H,55,59)(H4,53,54,56)/t28-,29-,30+,31-,32-,33+,36+,37+,38-,40+,41+,42-,43-,44+,45-,47+,49-,50-,51-/m1/s1. The summed E-state index contributed by atoms with van der Waals surface area (Å²) in [5.74, 6) is -3.34. The van der Waals surface area contributed by atoms with Crippen molar-refractivity contribution in [3.05, 3.63) is 29.8 Å². The largest absolute Gasteiger partial charge is 0.459 e. The third-order valence-electron chi connectivity index (χ3n) is 15.3. The van der Waals surface area contributed by atoms with Crippen molar-refractivity contribution < 1.29 is 67.6 Å². The highest BCUT2D eigenvalue weighted by molar-refractivity contribution is 5.89. The SMILES string of the molecule is CC[C@H]1OC(=O)[C@H](C)[C@@H](O[C@H]2C[C@@](C)(OC)[C@@H](O)[C@H](C)O2)[C@H](C)[C@@H](O[C@@H]2O[C@H](C)C[C@H](N(C)CCC(=O)N[C@H](CF)Cc3ccc(NC(=N)N)cc3)[C@H]2OC)[C@](C)(O)C[C@@H](C)CN(C)[C@H](C)[C@@H](O)[C@]1(C)O. The number of amides is 1. The minimum absolute atomic E-state index is 0.0564. The lowest BCUT2D eigenvalue weighted by Gasteiger charge is -2.49. The average Bonchev–Trinajstić information content (AvgIpc) is 3.30. The summed E-state index contributed by atoms with van der Waals surface area (Å²) < 4.78 is 59.0. The van der Waals surface area contributed by atoms with E-state index in [9.17, 15) is 34.4 Å². The summed E-state index contributed by atoms with van der Waals surface area (Å²) in [6.45, 7) is 17.4. The van der Waals surface area contributed by atoms with Crippen LogP contribution in [0.25, 0.3) is 0 Å². The van der Waals surface area contributed by atoms with Crippen LogP contribution >= 0.6 is 0 Å². The normalized spacial score (nSPS) is 39.7. The number of methoxy groups -OCH3 is 2. The zero-order valence-corrected chi connectivity index (χ0v) is 44.7. The molecule has 0 unspecified atom stereocenters. The van der Waals surface area contributed by atoms with Crippen LogP contribution in [0.4, 0.5) is 10.1 Å². The molecule has 1 aromatic rings. The monoisotopic (exact) mass is 1010 g/mol. The van der Waals surface area contributed by atoms with E-state index in [1.54, 1.807) is 72.9 Å². The van der Waals surface area contributed by atoms with Gasteiger partial charge in [-0.05, 0) is 112 Å². The number of nitrogens with two attached hydrogens (primary N) is 1. The molecule has 0 saturated carbocycles. The van der Waals surface area contributed by atoms with Crippen molar-refractivity contribution in [3.63, 3.8) is 0 Å². The molecule has 0 spiro atoms.